The van der Waals surface area contributed by atoms with Crippen molar-refractivity contribution >= 4 is 39.5 Å². The zero-order valence-electron chi connectivity index (χ0n) is 9.93. The minimum atomic E-state index is 0.251. The molecule has 3 unspecified atom stereocenters. The van der Waals surface area contributed by atoms with Crippen molar-refractivity contribution in [3.63, 3.8) is 0 Å². The Balaban J connectivity index is 2.01. The molecule has 4 heteroatoms. The summed E-state index contributed by atoms with van der Waals surface area (Å²) in [4.78, 5) is 0. The first-order valence-corrected chi connectivity index (χ1v) is 8.79. The molecule has 0 saturated carbocycles. The Bertz CT molecular complexity index is 372. The van der Waals surface area contributed by atoms with Gasteiger partial charge in [0.15, 0.2) is 0 Å². The van der Waals surface area contributed by atoms with Crippen LogP contribution in [0.5, 0.6) is 0 Å². The van der Waals surface area contributed by atoms with Gasteiger partial charge in [-0.1, -0.05) is 41.1 Å². The highest BCUT2D eigenvalue weighted by Gasteiger charge is 2.28. The van der Waals surface area contributed by atoms with Crippen molar-refractivity contribution in [3.8, 4) is 0 Å². The highest BCUT2D eigenvalue weighted by atomic mass is 79.9. The summed E-state index contributed by atoms with van der Waals surface area (Å²) in [7, 11) is 0. The minimum Gasteiger partial charge on any atom is -0.326 e. The molecule has 0 amide bonds. The number of hydrogen-bond acceptors (Lipinski definition) is 3. The van der Waals surface area contributed by atoms with Crippen LogP contribution >= 0.6 is 39.5 Å². The average Bonchev–Trinajstić information content (AvgIpc) is 2.32. The summed E-state index contributed by atoms with van der Waals surface area (Å²) < 4.78 is 1.18. The number of thioether (sulfide) groups is 2. The van der Waals surface area contributed by atoms with Crippen LogP contribution in [0.15, 0.2) is 28.7 Å². The van der Waals surface area contributed by atoms with Gasteiger partial charge in [0.05, 0.1) is 0 Å². The second-order valence-corrected chi connectivity index (χ2v) is 8.00. The summed E-state index contributed by atoms with van der Waals surface area (Å²) in [6.07, 6.45) is 0.962. The predicted molar refractivity (Wildman–Crippen MR) is 84.0 cm³/mol. The van der Waals surface area contributed by atoms with E-state index in [1.807, 2.05) is 17.8 Å². The van der Waals surface area contributed by atoms with Crippen molar-refractivity contribution in [2.75, 3.05) is 11.5 Å². The van der Waals surface area contributed by atoms with Gasteiger partial charge in [-0.05, 0) is 18.1 Å². The van der Waals surface area contributed by atoms with Crippen LogP contribution in [0.3, 0.4) is 0 Å². The van der Waals surface area contributed by atoms with E-state index in [-0.39, 0.29) is 6.04 Å². The molecule has 0 aromatic heterocycles. The van der Waals surface area contributed by atoms with Crippen molar-refractivity contribution < 1.29 is 0 Å². The van der Waals surface area contributed by atoms with Crippen LogP contribution in [-0.4, -0.2) is 28.0 Å². The zero-order valence-corrected chi connectivity index (χ0v) is 13.2. The molecule has 2 rings (SSSR count). The molecular weight excluding hydrogens is 314 g/mol. The van der Waals surface area contributed by atoms with Gasteiger partial charge in [-0.3, -0.25) is 0 Å². The van der Waals surface area contributed by atoms with E-state index in [0.717, 1.165) is 6.42 Å². The maximum absolute atomic E-state index is 6.38. The first-order valence-electron chi connectivity index (χ1n) is 5.90. The second kappa shape index (κ2) is 6.50. The Labute approximate surface area is 120 Å². The average molecular weight is 332 g/mol. The fourth-order valence-electron chi connectivity index (χ4n) is 2.15. The van der Waals surface area contributed by atoms with Crippen molar-refractivity contribution in [3.05, 3.63) is 34.3 Å². The molecule has 1 aromatic carbocycles. The number of halogens is 1. The molecule has 0 aliphatic carbocycles. The highest BCUT2D eigenvalue weighted by Crippen LogP contribution is 2.33. The van der Waals surface area contributed by atoms with E-state index in [1.165, 1.54) is 21.5 Å². The van der Waals surface area contributed by atoms with E-state index < -0.39 is 0 Å². The molecule has 1 aromatic rings. The van der Waals surface area contributed by atoms with Gasteiger partial charge in [0.2, 0.25) is 0 Å². The molecule has 1 aliphatic rings. The van der Waals surface area contributed by atoms with Crippen LogP contribution in [0.25, 0.3) is 0 Å². The Morgan fingerprint density at radius 3 is 2.76 bits per heavy atom. The number of rotatable bonds is 3. The lowest BCUT2D eigenvalue weighted by Crippen LogP contribution is -2.42. The molecule has 1 fully saturated rings. The Hall–Kier alpha value is 0.360. The zero-order chi connectivity index (χ0) is 12.3. The molecule has 1 heterocycles. The molecular formula is C13H18BrNS2. The Morgan fingerprint density at radius 2 is 2.06 bits per heavy atom. The topological polar surface area (TPSA) is 26.0 Å². The van der Waals surface area contributed by atoms with Crippen LogP contribution in [0, 0.1) is 0 Å². The predicted octanol–water partition coefficient (Wildman–Crippen LogP) is 3.56. The van der Waals surface area contributed by atoms with Gasteiger partial charge in [-0.25, -0.2) is 0 Å². The molecule has 1 aliphatic heterocycles. The SMILES string of the molecule is CC1SCCSC1C(N)Cc1ccccc1Br. The van der Waals surface area contributed by atoms with Crippen molar-refractivity contribution in [1.29, 1.82) is 0 Å². The maximum Gasteiger partial charge on any atom is 0.0318 e. The van der Waals surface area contributed by atoms with Crippen LogP contribution < -0.4 is 5.73 Å². The summed E-state index contributed by atoms with van der Waals surface area (Å²) in [5.41, 5.74) is 7.71. The van der Waals surface area contributed by atoms with Gasteiger partial charge in [-0.2, -0.15) is 23.5 Å². The number of nitrogens with two attached hydrogens (primary N) is 1. The molecule has 0 radical (unpaired) electrons. The van der Waals surface area contributed by atoms with Crippen molar-refractivity contribution in [2.45, 2.75) is 29.9 Å². The van der Waals surface area contributed by atoms with E-state index in [0.29, 0.717) is 10.5 Å². The molecule has 0 bridgehead atoms. The monoisotopic (exact) mass is 331 g/mol. The number of hydrogen-bond donors (Lipinski definition) is 1. The Kier molecular flexibility index (Phi) is 5.27. The van der Waals surface area contributed by atoms with Gasteiger partial charge in [0, 0.05) is 32.5 Å². The van der Waals surface area contributed by atoms with E-state index in [9.17, 15) is 0 Å². The summed E-state index contributed by atoms with van der Waals surface area (Å²) >= 11 is 7.70. The van der Waals surface area contributed by atoms with Crippen molar-refractivity contribution in [2.24, 2.45) is 5.73 Å². The fraction of sp³-hybridized carbons (Fsp3) is 0.538. The molecule has 94 valence electrons. The normalized spacial score (nSPS) is 26.8. The molecule has 0 spiro atoms. The van der Waals surface area contributed by atoms with Crippen LogP contribution in [-0.2, 0) is 6.42 Å². The maximum atomic E-state index is 6.38. The van der Waals surface area contributed by atoms with Gasteiger partial charge in [-0.15, -0.1) is 0 Å². The lowest BCUT2D eigenvalue weighted by Gasteiger charge is -2.32. The lowest BCUT2D eigenvalue weighted by atomic mass is 10.0. The van der Waals surface area contributed by atoms with Gasteiger partial charge in [0.25, 0.3) is 0 Å². The fourth-order valence-corrected chi connectivity index (χ4v) is 5.49. The molecule has 1 saturated heterocycles. The molecule has 3 atom stereocenters. The third kappa shape index (κ3) is 3.66. The summed E-state index contributed by atoms with van der Waals surface area (Å²) in [6, 6.07) is 8.64. The number of benzene rings is 1. The molecule has 2 N–H and O–H groups in total. The lowest BCUT2D eigenvalue weighted by molar-refractivity contribution is 0.621. The quantitative estimate of drug-likeness (QED) is 0.917. The third-order valence-corrected chi connectivity index (χ3v) is 7.12. The Morgan fingerprint density at radius 1 is 1.35 bits per heavy atom. The minimum absolute atomic E-state index is 0.251. The standard InChI is InChI=1S/C13H18BrNS2/c1-9-13(17-7-6-16-9)12(15)8-10-4-2-3-5-11(10)14/h2-5,9,12-13H,6-8,15H2,1H3. The largest absolute Gasteiger partial charge is 0.326 e. The van der Waals surface area contributed by atoms with E-state index in [2.05, 4.69) is 52.8 Å². The summed E-state index contributed by atoms with van der Waals surface area (Å²) in [5.74, 6) is 2.51. The summed E-state index contributed by atoms with van der Waals surface area (Å²) in [5, 5.41) is 1.26. The van der Waals surface area contributed by atoms with Gasteiger partial charge >= 0.3 is 0 Å². The smallest absolute Gasteiger partial charge is 0.0318 e. The van der Waals surface area contributed by atoms with E-state index >= 15 is 0 Å². The van der Waals surface area contributed by atoms with Crippen LogP contribution in [0.4, 0.5) is 0 Å². The summed E-state index contributed by atoms with van der Waals surface area (Å²) in [6.45, 7) is 2.31. The molecule has 17 heavy (non-hydrogen) atoms. The van der Waals surface area contributed by atoms with Crippen LogP contribution in [0.2, 0.25) is 0 Å². The van der Waals surface area contributed by atoms with E-state index in [4.69, 9.17) is 5.73 Å². The third-order valence-electron chi connectivity index (χ3n) is 3.07. The first-order chi connectivity index (χ1) is 8.18. The molecule has 1 nitrogen and oxygen atoms in total. The highest BCUT2D eigenvalue weighted by molar-refractivity contribution is 9.10. The van der Waals surface area contributed by atoms with Crippen LogP contribution in [0.1, 0.15) is 12.5 Å². The first kappa shape index (κ1) is 13.8. The van der Waals surface area contributed by atoms with Gasteiger partial charge in [0.1, 0.15) is 0 Å². The second-order valence-electron chi connectivity index (χ2n) is 4.37. The van der Waals surface area contributed by atoms with E-state index in [1.54, 1.807) is 0 Å². The van der Waals surface area contributed by atoms with Gasteiger partial charge < -0.3 is 5.73 Å². The van der Waals surface area contributed by atoms with Crippen molar-refractivity contribution in [1.82, 2.24) is 0 Å².